The number of hydrogen-bond acceptors (Lipinski definition) is 5. The Bertz CT molecular complexity index is 1130. The second kappa shape index (κ2) is 7.99. The fourth-order valence-corrected chi connectivity index (χ4v) is 3.71. The first-order valence-corrected chi connectivity index (χ1v) is 9.69. The van der Waals surface area contributed by atoms with E-state index in [2.05, 4.69) is 15.6 Å². The Morgan fingerprint density at radius 3 is 2.57 bits per heavy atom. The average molecular weight is 428 g/mol. The minimum Gasteiger partial charge on any atom is -0.329 e. The second-order valence-corrected chi connectivity index (χ2v) is 7.24. The molecule has 4 rings (SSSR count). The third kappa shape index (κ3) is 3.77. The highest BCUT2D eigenvalue weighted by Crippen LogP contribution is 2.29. The molecule has 0 radical (unpaired) electrons. The molecule has 30 heavy (non-hydrogen) atoms. The average Bonchev–Trinajstić information content (AvgIpc) is 3.30. The highest BCUT2D eigenvalue weighted by atomic mass is 32.1. The fourth-order valence-electron chi connectivity index (χ4n) is 3.02. The maximum absolute atomic E-state index is 14.0. The molecule has 1 saturated heterocycles. The van der Waals surface area contributed by atoms with Crippen molar-refractivity contribution in [2.45, 2.75) is 6.54 Å². The third-order valence-corrected chi connectivity index (χ3v) is 5.23. The van der Waals surface area contributed by atoms with Crippen LogP contribution in [0.4, 0.5) is 18.7 Å². The van der Waals surface area contributed by atoms with Gasteiger partial charge in [-0.3, -0.25) is 19.8 Å². The number of urea groups is 1. The van der Waals surface area contributed by atoms with Gasteiger partial charge in [-0.05, 0) is 23.8 Å². The van der Waals surface area contributed by atoms with E-state index in [0.717, 1.165) is 28.4 Å². The lowest BCUT2D eigenvalue weighted by atomic mass is 10.1. The maximum atomic E-state index is 14.0. The Labute approximate surface area is 173 Å². The first kappa shape index (κ1) is 19.6. The van der Waals surface area contributed by atoms with Gasteiger partial charge < -0.3 is 5.32 Å². The minimum absolute atomic E-state index is 0.0577. The second-order valence-electron chi connectivity index (χ2n) is 6.38. The van der Waals surface area contributed by atoms with E-state index in [-0.39, 0.29) is 40.9 Å². The van der Waals surface area contributed by atoms with Crippen molar-refractivity contribution in [3.05, 3.63) is 70.6 Å². The molecular weight excluding hydrogens is 414 g/mol. The van der Waals surface area contributed by atoms with Crippen LogP contribution >= 0.6 is 11.3 Å². The molecule has 152 valence electrons. The van der Waals surface area contributed by atoms with Gasteiger partial charge in [-0.25, -0.2) is 18.6 Å². The largest absolute Gasteiger partial charge is 0.329 e. The SMILES string of the molecule is O=C(Nc1nc(-c2c(F)cccc2F)cs1)c1ccccc1CN1C(=O)CNC1=O. The molecular formula is C20H14F2N4O3S. The standard InChI is InChI=1S/C20H14F2N4O3S/c21-13-6-3-7-14(22)17(13)15-10-30-19(24-15)25-18(28)12-5-2-1-4-11(12)9-26-16(27)8-23-20(26)29/h1-7,10H,8-9H2,(H,23,29)(H,24,25,28). The summed E-state index contributed by atoms with van der Waals surface area (Å²) in [6.07, 6.45) is 0. The predicted octanol–water partition coefficient (Wildman–Crippen LogP) is 3.39. The van der Waals surface area contributed by atoms with Gasteiger partial charge in [0, 0.05) is 10.9 Å². The molecule has 0 saturated carbocycles. The number of carbonyl (C=O) groups is 3. The number of anilines is 1. The van der Waals surface area contributed by atoms with E-state index in [1.54, 1.807) is 24.3 Å². The van der Waals surface area contributed by atoms with Gasteiger partial charge in [-0.15, -0.1) is 11.3 Å². The number of rotatable bonds is 5. The smallest absolute Gasteiger partial charge is 0.324 e. The van der Waals surface area contributed by atoms with E-state index in [1.807, 2.05) is 0 Å². The Hall–Kier alpha value is -3.66. The predicted molar refractivity (Wildman–Crippen MR) is 106 cm³/mol. The lowest BCUT2D eigenvalue weighted by Gasteiger charge is -2.15. The van der Waals surface area contributed by atoms with E-state index in [4.69, 9.17) is 0 Å². The van der Waals surface area contributed by atoms with E-state index in [9.17, 15) is 23.2 Å². The van der Waals surface area contributed by atoms with Gasteiger partial charge in [0.15, 0.2) is 5.13 Å². The van der Waals surface area contributed by atoms with Crippen LogP contribution in [0.2, 0.25) is 0 Å². The number of carbonyl (C=O) groups excluding carboxylic acids is 3. The summed E-state index contributed by atoms with van der Waals surface area (Å²) >= 11 is 1.02. The molecule has 1 aliphatic heterocycles. The Kier molecular flexibility index (Phi) is 5.23. The van der Waals surface area contributed by atoms with Crippen LogP contribution < -0.4 is 10.6 Å². The van der Waals surface area contributed by atoms with Crippen LogP contribution in [0.3, 0.4) is 0 Å². The zero-order valence-corrected chi connectivity index (χ0v) is 16.1. The van der Waals surface area contributed by atoms with E-state index in [0.29, 0.717) is 5.56 Å². The fraction of sp³-hybridized carbons (Fsp3) is 0.100. The number of benzene rings is 2. The van der Waals surface area contributed by atoms with Gasteiger partial charge in [0.1, 0.15) is 11.6 Å². The number of thiazole rings is 1. The number of aromatic nitrogens is 1. The Morgan fingerprint density at radius 2 is 1.87 bits per heavy atom. The summed E-state index contributed by atoms with van der Waals surface area (Å²) in [5, 5.41) is 6.61. The highest BCUT2D eigenvalue weighted by Gasteiger charge is 2.29. The number of nitrogens with one attached hydrogen (secondary N) is 2. The molecule has 2 heterocycles. The van der Waals surface area contributed by atoms with Crippen molar-refractivity contribution in [2.24, 2.45) is 0 Å². The highest BCUT2D eigenvalue weighted by molar-refractivity contribution is 7.14. The molecule has 0 spiro atoms. The molecule has 3 aromatic rings. The quantitative estimate of drug-likeness (QED) is 0.610. The van der Waals surface area contributed by atoms with Gasteiger partial charge in [0.25, 0.3) is 5.91 Å². The summed E-state index contributed by atoms with van der Waals surface area (Å²) in [5.74, 6) is -2.41. The molecule has 1 aromatic heterocycles. The normalized spacial score (nSPS) is 13.5. The number of amides is 4. The lowest BCUT2D eigenvalue weighted by molar-refractivity contribution is -0.125. The monoisotopic (exact) mass is 428 g/mol. The summed E-state index contributed by atoms with van der Waals surface area (Å²) in [5.41, 5.74) is 0.517. The van der Waals surface area contributed by atoms with Crippen molar-refractivity contribution in [1.82, 2.24) is 15.2 Å². The van der Waals surface area contributed by atoms with Crippen LogP contribution in [-0.2, 0) is 11.3 Å². The summed E-state index contributed by atoms with van der Waals surface area (Å²) in [4.78, 5) is 41.5. The minimum atomic E-state index is -0.753. The summed E-state index contributed by atoms with van der Waals surface area (Å²) in [7, 11) is 0. The molecule has 10 heteroatoms. The first-order valence-electron chi connectivity index (χ1n) is 8.81. The summed E-state index contributed by atoms with van der Waals surface area (Å²) < 4.78 is 27.9. The number of hydrogen-bond donors (Lipinski definition) is 2. The van der Waals surface area contributed by atoms with Crippen molar-refractivity contribution >= 4 is 34.3 Å². The zero-order valence-electron chi connectivity index (χ0n) is 15.3. The zero-order chi connectivity index (χ0) is 21.3. The van der Waals surface area contributed by atoms with Crippen molar-refractivity contribution in [1.29, 1.82) is 0 Å². The summed E-state index contributed by atoms with van der Waals surface area (Å²) in [6.45, 7) is -0.139. The van der Waals surface area contributed by atoms with Crippen molar-refractivity contribution in [3.63, 3.8) is 0 Å². The van der Waals surface area contributed by atoms with E-state index >= 15 is 0 Å². The van der Waals surface area contributed by atoms with Crippen LogP contribution in [0.5, 0.6) is 0 Å². The molecule has 0 unspecified atom stereocenters. The van der Waals surface area contributed by atoms with Crippen LogP contribution in [0, 0.1) is 11.6 Å². The molecule has 4 amide bonds. The number of halogens is 2. The van der Waals surface area contributed by atoms with E-state index < -0.39 is 23.6 Å². The molecule has 0 bridgehead atoms. The van der Waals surface area contributed by atoms with Crippen molar-refractivity contribution in [3.8, 4) is 11.3 Å². The van der Waals surface area contributed by atoms with Crippen LogP contribution in [0.15, 0.2) is 47.8 Å². The molecule has 2 N–H and O–H groups in total. The third-order valence-electron chi connectivity index (χ3n) is 4.47. The maximum Gasteiger partial charge on any atom is 0.324 e. The first-order chi connectivity index (χ1) is 14.4. The van der Waals surface area contributed by atoms with Crippen molar-refractivity contribution < 1.29 is 23.2 Å². The molecule has 1 fully saturated rings. The number of nitrogens with zero attached hydrogens (tertiary/aromatic N) is 2. The Morgan fingerprint density at radius 1 is 1.13 bits per heavy atom. The van der Waals surface area contributed by atoms with Gasteiger partial charge in [-0.2, -0.15) is 0 Å². The lowest BCUT2D eigenvalue weighted by Crippen LogP contribution is -2.31. The molecule has 1 aliphatic rings. The molecule has 7 nitrogen and oxygen atoms in total. The summed E-state index contributed by atoms with van der Waals surface area (Å²) in [6, 6.07) is 9.51. The molecule has 2 aromatic carbocycles. The molecule has 0 atom stereocenters. The topological polar surface area (TPSA) is 91.4 Å². The van der Waals surface area contributed by atoms with Crippen LogP contribution in [-0.4, -0.2) is 34.3 Å². The molecule has 0 aliphatic carbocycles. The van der Waals surface area contributed by atoms with Gasteiger partial charge in [0.05, 0.1) is 24.3 Å². The van der Waals surface area contributed by atoms with E-state index in [1.165, 1.54) is 11.4 Å². The van der Waals surface area contributed by atoms with Gasteiger partial charge in [0.2, 0.25) is 5.91 Å². The number of imide groups is 1. The van der Waals surface area contributed by atoms with Crippen LogP contribution in [0.1, 0.15) is 15.9 Å². The van der Waals surface area contributed by atoms with Gasteiger partial charge >= 0.3 is 6.03 Å². The Balaban J connectivity index is 1.55. The van der Waals surface area contributed by atoms with Gasteiger partial charge in [-0.1, -0.05) is 24.3 Å². The van der Waals surface area contributed by atoms with Crippen LogP contribution in [0.25, 0.3) is 11.3 Å². The van der Waals surface area contributed by atoms with Crippen molar-refractivity contribution in [2.75, 3.05) is 11.9 Å².